The second kappa shape index (κ2) is 7.10. The lowest BCUT2D eigenvalue weighted by Crippen LogP contribution is -2.37. The fourth-order valence-electron chi connectivity index (χ4n) is 1.31. The van der Waals surface area contributed by atoms with Crippen LogP contribution in [-0.2, 0) is 8.98 Å². The maximum Gasteiger partial charge on any atom is 0.335 e. The zero-order valence-corrected chi connectivity index (χ0v) is 11.6. The number of hydrogen-bond donors (Lipinski definition) is 1. The molecule has 7 heteroatoms. The van der Waals surface area contributed by atoms with E-state index in [4.69, 9.17) is 9.92 Å². The average molecular weight is 284 g/mol. The molecule has 0 unspecified atom stereocenters. The molecule has 2 N–H and O–H groups in total. The summed E-state index contributed by atoms with van der Waals surface area (Å²) in [5.74, 6) is -0.573. The first-order valence-corrected chi connectivity index (χ1v) is 6.58. The molecule has 1 rings (SSSR count). The highest BCUT2D eigenvalue weighted by molar-refractivity contribution is 7.95. The van der Waals surface area contributed by atoms with Crippen molar-refractivity contribution >= 4 is 23.7 Å². The van der Waals surface area contributed by atoms with Crippen LogP contribution in [0, 0.1) is 16.0 Å². The molecule has 0 aromatic heterocycles. The molecule has 2 atom stereocenters. The average Bonchev–Trinajstić information content (AvgIpc) is 2.43. The van der Waals surface area contributed by atoms with E-state index in [1.54, 1.807) is 12.1 Å². The first-order valence-electron chi connectivity index (χ1n) is 5.84. The van der Waals surface area contributed by atoms with Gasteiger partial charge in [0.1, 0.15) is 23.0 Å². The van der Waals surface area contributed by atoms with E-state index in [1.165, 1.54) is 12.1 Å². The number of nitro benzene ring substituents is 1. The Balaban J connectivity index is 2.67. The Morgan fingerprint density at radius 1 is 1.53 bits per heavy atom. The molecule has 19 heavy (non-hydrogen) atoms. The van der Waals surface area contributed by atoms with Crippen LogP contribution in [0.15, 0.2) is 29.2 Å². The van der Waals surface area contributed by atoms with Gasteiger partial charge < -0.3 is 9.92 Å². The summed E-state index contributed by atoms with van der Waals surface area (Å²) < 4.78 is 4.95. The number of para-hydroxylation sites is 1. The van der Waals surface area contributed by atoms with Gasteiger partial charge in [-0.3, -0.25) is 10.1 Å². The third kappa shape index (κ3) is 4.22. The van der Waals surface area contributed by atoms with E-state index < -0.39 is 16.9 Å². The van der Waals surface area contributed by atoms with Crippen molar-refractivity contribution < 1.29 is 13.9 Å². The molecule has 0 spiro atoms. The molecule has 1 aromatic carbocycles. The van der Waals surface area contributed by atoms with Gasteiger partial charge in [-0.2, -0.15) is 0 Å². The van der Waals surface area contributed by atoms with E-state index >= 15 is 0 Å². The van der Waals surface area contributed by atoms with Gasteiger partial charge in [-0.05, 0) is 12.0 Å². The summed E-state index contributed by atoms with van der Waals surface area (Å²) >= 11 is 0.668. The molecule has 0 amide bonds. The first-order chi connectivity index (χ1) is 8.97. The van der Waals surface area contributed by atoms with Crippen LogP contribution in [0.1, 0.15) is 20.3 Å². The smallest absolute Gasteiger partial charge is 0.335 e. The molecule has 0 heterocycles. The van der Waals surface area contributed by atoms with Crippen molar-refractivity contribution in [3.8, 4) is 0 Å². The fourth-order valence-corrected chi connectivity index (χ4v) is 1.95. The van der Waals surface area contributed by atoms with Crippen LogP contribution < -0.4 is 5.73 Å². The van der Waals surface area contributed by atoms with Crippen LogP contribution in [0.4, 0.5) is 5.69 Å². The zero-order valence-electron chi connectivity index (χ0n) is 10.7. The SMILES string of the molecule is CC[C@H](C)[C@H](N)C(=O)OSc1ccccc1[N+](=O)[O-]. The first kappa shape index (κ1) is 15.5. The number of carbonyl (C=O) groups is 1. The molecule has 0 aliphatic carbocycles. The number of nitro groups is 1. The van der Waals surface area contributed by atoms with E-state index in [2.05, 4.69) is 0 Å². The van der Waals surface area contributed by atoms with E-state index in [9.17, 15) is 14.9 Å². The van der Waals surface area contributed by atoms with Crippen LogP contribution in [0.25, 0.3) is 0 Å². The van der Waals surface area contributed by atoms with Gasteiger partial charge in [0.05, 0.1) is 4.92 Å². The zero-order chi connectivity index (χ0) is 14.4. The van der Waals surface area contributed by atoms with Crippen molar-refractivity contribution in [1.82, 2.24) is 0 Å². The van der Waals surface area contributed by atoms with E-state index in [-0.39, 0.29) is 16.5 Å². The monoisotopic (exact) mass is 284 g/mol. The highest BCUT2D eigenvalue weighted by Crippen LogP contribution is 2.29. The van der Waals surface area contributed by atoms with Crippen molar-refractivity contribution in [1.29, 1.82) is 0 Å². The Morgan fingerprint density at radius 3 is 2.74 bits per heavy atom. The standard InChI is InChI=1S/C12H16N2O4S/c1-3-8(2)11(13)12(15)18-19-10-7-5-4-6-9(10)14(16)17/h4-8,11H,3,13H2,1-2H3/t8-,11-/m0/s1. The molecule has 0 aliphatic rings. The van der Waals surface area contributed by atoms with Crippen molar-refractivity contribution in [2.24, 2.45) is 11.7 Å². The summed E-state index contributed by atoms with van der Waals surface area (Å²) in [6, 6.07) is 5.34. The van der Waals surface area contributed by atoms with Crippen molar-refractivity contribution in [2.75, 3.05) is 0 Å². The number of nitrogens with zero attached hydrogens (tertiary/aromatic N) is 1. The van der Waals surface area contributed by atoms with Crippen molar-refractivity contribution in [3.63, 3.8) is 0 Å². The predicted molar refractivity (Wildman–Crippen MR) is 72.5 cm³/mol. The van der Waals surface area contributed by atoms with Gasteiger partial charge in [0.2, 0.25) is 0 Å². The maximum absolute atomic E-state index is 11.7. The van der Waals surface area contributed by atoms with E-state index in [0.717, 1.165) is 6.42 Å². The summed E-state index contributed by atoms with van der Waals surface area (Å²) in [7, 11) is 0. The van der Waals surface area contributed by atoms with Crippen molar-refractivity contribution in [2.45, 2.75) is 31.2 Å². The molecule has 6 nitrogen and oxygen atoms in total. The molecule has 0 bridgehead atoms. The van der Waals surface area contributed by atoms with Crippen LogP contribution in [0.5, 0.6) is 0 Å². The summed E-state index contributed by atoms with van der Waals surface area (Å²) in [6.07, 6.45) is 0.756. The molecule has 0 saturated carbocycles. The Labute approximate surface area is 115 Å². The summed E-state index contributed by atoms with van der Waals surface area (Å²) in [6.45, 7) is 3.77. The van der Waals surface area contributed by atoms with Gasteiger partial charge in [-0.1, -0.05) is 32.4 Å². The van der Waals surface area contributed by atoms with Gasteiger partial charge in [0, 0.05) is 6.07 Å². The van der Waals surface area contributed by atoms with Crippen LogP contribution in [-0.4, -0.2) is 16.9 Å². The maximum atomic E-state index is 11.7. The highest BCUT2D eigenvalue weighted by Gasteiger charge is 2.23. The Bertz CT molecular complexity index is 467. The molecule has 0 radical (unpaired) electrons. The lowest BCUT2D eigenvalue weighted by molar-refractivity contribution is -0.387. The summed E-state index contributed by atoms with van der Waals surface area (Å²) in [4.78, 5) is 22.2. The lowest BCUT2D eigenvalue weighted by Gasteiger charge is -2.15. The quantitative estimate of drug-likeness (QED) is 0.490. The van der Waals surface area contributed by atoms with E-state index in [1.807, 2.05) is 13.8 Å². The number of rotatable bonds is 6. The van der Waals surface area contributed by atoms with E-state index in [0.29, 0.717) is 12.0 Å². The third-order valence-corrected chi connectivity index (χ3v) is 3.58. The molecular weight excluding hydrogens is 268 g/mol. The third-order valence-electron chi connectivity index (χ3n) is 2.80. The molecule has 0 saturated heterocycles. The molecule has 0 aliphatic heterocycles. The van der Waals surface area contributed by atoms with Crippen LogP contribution in [0.2, 0.25) is 0 Å². The van der Waals surface area contributed by atoms with Gasteiger partial charge in [0.25, 0.3) is 5.69 Å². The Kier molecular flexibility index (Phi) is 5.78. The minimum Gasteiger partial charge on any atom is -0.385 e. The summed E-state index contributed by atoms with van der Waals surface area (Å²) in [5.41, 5.74) is 5.61. The number of benzene rings is 1. The number of carbonyl (C=O) groups excluding carboxylic acids is 1. The van der Waals surface area contributed by atoms with Crippen LogP contribution >= 0.6 is 12.0 Å². The van der Waals surface area contributed by atoms with Crippen LogP contribution in [0.3, 0.4) is 0 Å². The Morgan fingerprint density at radius 2 is 2.16 bits per heavy atom. The van der Waals surface area contributed by atoms with Gasteiger partial charge in [0.15, 0.2) is 0 Å². The summed E-state index contributed by atoms with van der Waals surface area (Å²) in [5, 5.41) is 10.8. The number of hydrogen-bond acceptors (Lipinski definition) is 6. The van der Waals surface area contributed by atoms with Gasteiger partial charge >= 0.3 is 5.97 Å². The molecular formula is C12H16N2O4S. The molecule has 0 fully saturated rings. The second-order valence-corrected chi connectivity index (χ2v) is 4.90. The topological polar surface area (TPSA) is 95.5 Å². The normalized spacial score (nSPS) is 13.6. The molecule has 104 valence electrons. The van der Waals surface area contributed by atoms with Gasteiger partial charge in [-0.15, -0.1) is 0 Å². The Hall–Kier alpha value is -1.60. The minimum atomic E-state index is -0.722. The highest BCUT2D eigenvalue weighted by atomic mass is 32.2. The van der Waals surface area contributed by atoms with Crippen molar-refractivity contribution in [3.05, 3.63) is 34.4 Å². The predicted octanol–water partition coefficient (Wildman–Crippen LogP) is 2.52. The van der Waals surface area contributed by atoms with Gasteiger partial charge in [-0.25, -0.2) is 4.79 Å². The number of nitrogens with two attached hydrogens (primary N) is 1. The second-order valence-electron chi connectivity index (χ2n) is 4.12. The fraction of sp³-hybridized carbons (Fsp3) is 0.417. The minimum absolute atomic E-state index is 0.00106. The lowest BCUT2D eigenvalue weighted by atomic mass is 10.0. The molecule has 1 aromatic rings. The largest absolute Gasteiger partial charge is 0.385 e.